The fourth-order valence-electron chi connectivity index (χ4n) is 3.61. The van der Waals surface area contributed by atoms with Crippen molar-refractivity contribution in [2.45, 2.75) is 66.4 Å². The maximum atomic E-state index is 11.3. The predicted molar refractivity (Wildman–Crippen MR) is 81.3 cm³/mol. The highest BCUT2D eigenvalue weighted by molar-refractivity contribution is 5.69. The SMILES string of the molecule is COC(=O)CCC1CC(C(C)C)C(O)C(C(C)(C)C)C1. The van der Waals surface area contributed by atoms with Crippen LogP contribution in [0.15, 0.2) is 0 Å². The van der Waals surface area contributed by atoms with Crippen LogP contribution in [0.2, 0.25) is 0 Å². The largest absolute Gasteiger partial charge is 0.469 e. The summed E-state index contributed by atoms with van der Waals surface area (Å²) in [5.74, 6) is 1.54. The summed E-state index contributed by atoms with van der Waals surface area (Å²) in [5, 5.41) is 10.7. The summed E-state index contributed by atoms with van der Waals surface area (Å²) in [7, 11) is 1.45. The average Bonchev–Trinajstić information content (AvgIpc) is 2.35. The Morgan fingerprint density at radius 2 is 1.90 bits per heavy atom. The number of carbonyl (C=O) groups excluding carboxylic acids is 1. The first-order valence-corrected chi connectivity index (χ1v) is 7.91. The molecule has 0 aliphatic heterocycles. The normalized spacial score (nSPS) is 31.4. The molecule has 0 aromatic rings. The van der Waals surface area contributed by atoms with Gasteiger partial charge in [-0.2, -0.15) is 0 Å². The van der Waals surface area contributed by atoms with E-state index in [1.807, 2.05) is 0 Å². The summed E-state index contributed by atoms with van der Waals surface area (Å²) < 4.78 is 4.74. The van der Waals surface area contributed by atoms with E-state index >= 15 is 0 Å². The Hall–Kier alpha value is -0.570. The van der Waals surface area contributed by atoms with Gasteiger partial charge in [-0.1, -0.05) is 34.6 Å². The third-order valence-corrected chi connectivity index (χ3v) is 5.00. The molecule has 1 aliphatic rings. The number of rotatable bonds is 4. The Morgan fingerprint density at radius 1 is 1.30 bits per heavy atom. The topological polar surface area (TPSA) is 46.5 Å². The van der Waals surface area contributed by atoms with Gasteiger partial charge in [0.1, 0.15) is 0 Å². The first kappa shape index (κ1) is 17.5. The van der Waals surface area contributed by atoms with Crippen molar-refractivity contribution in [2.75, 3.05) is 7.11 Å². The molecule has 3 heteroatoms. The molecule has 0 aromatic carbocycles. The lowest BCUT2D eigenvalue weighted by molar-refractivity contribution is -0.141. The molecule has 0 spiro atoms. The number of hydrogen-bond acceptors (Lipinski definition) is 3. The van der Waals surface area contributed by atoms with Crippen LogP contribution < -0.4 is 0 Å². The minimum absolute atomic E-state index is 0.108. The highest BCUT2D eigenvalue weighted by Crippen LogP contribution is 2.46. The molecule has 0 amide bonds. The van der Waals surface area contributed by atoms with Crippen molar-refractivity contribution in [1.29, 1.82) is 0 Å². The third-order valence-electron chi connectivity index (χ3n) is 5.00. The molecular formula is C17H32O3. The van der Waals surface area contributed by atoms with Crippen LogP contribution in [0.25, 0.3) is 0 Å². The highest BCUT2D eigenvalue weighted by Gasteiger charge is 2.42. The summed E-state index contributed by atoms with van der Waals surface area (Å²) >= 11 is 0. The Morgan fingerprint density at radius 3 is 2.35 bits per heavy atom. The van der Waals surface area contributed by atoms with E-state index < -0.39 is 0 Å². The van der Waals surface area contributed by atoms with E-state index in [2.05, 4.69) is 34.6 Å². The molecule has 3 nitrogen and oxygen atoms in total. The second-order valence-corrected chi connectivity index (χ2v) is 7.82. The summed E-state index contributed by atoms with van der Waals surface area (Å²) in [6.07, 6.45) is 3.21. The van der Waals surface area contributed by atoms with Crippen molar-refractivity contribution >= 4 is 5.97 Å². The molecule has 1 fully saturated rings. The lowest BCUT2D eigenvalue weighted by Gasteiger charge is -2.46. The van der Waals surface area contributed by atoms with Gasteiger partial charge < -0.3 is 9.84 Å². The van der Waals surface area contributed by atoms with Gasteiger partial charge in [-0.25, -0.2) is 0 Å². The number of esters is 1. The van der Waals surface area contributed by atoms with Crippen LogP contribution in [-0.4, -0.2) is 24.3 Å². The zero-order chi connectivity index (χ0) is 15.5. The van der Waals surface area contributed by atoms with Gasteiger partial charge in [0.25, 0.3) is 0 Å². The first-order valence-electron chi connectivity index (χ1n) is 7.91. The molecule has 1 rings (SSSR count). The fourth-order valence-corrected chi connectivity index (χ4v) is 3.61. The van der Waals surface area contributed by atoms with Crippen LogP contribution in [0, 0.1) is 29.1 Å². The fraction of sp³-hybridized carbons (Fsp3) is 0.941. The Bertz CT molecular complexity index is 317. The molecule has 20 heavy (non-hydrogen) atoms. The van der Waals surface area contributed by atoms with Crippen molar-refractivity contribution in [2.24, 2.45) is 29.1 Å². The second kappa shape index (κ2) is 6.93. The lowest BCUT2D eigenvalue weighted by Crippen LogP contribution is -2.45. The molecule has 4 unspecified atom stereocenters. The van der Waals surface area contributed by atoms with E-state index in [0.717, 1.165) is 19.3 Å². The van der Waals surface area contributed by atoms with Crippen LogP contribution in [0.3, 0.4) is 0 Å². The minimum atomic E-state index is -0.218. The van der Waals surface area contributed by atoms with Crippen molar-refractivity contribution in [1.82, 2.24) is 0 Å². The Labute approximate surface area is 124 Å². The van der Waals surface area contributed by atoms with Crippen LogP contribution in [0.1, 0.15) is 60.3 Å². The van der Waals surface area contributed by atoms with Crippen LogP contribution in [-0.2, 0) is 9.53 Å². The number of aliphatic hydroxyl groups is 1. The summed E-state index contributed by atoms with van der Waals surface area (Å²) in [5.41, 5.74) is 0.108. The predicted octanol–water partition coefficient (Wildman–Crippen LogP) is 3.65. The summed E-state index contributed by atoms with van der Waals surface area (Å²) in [6, 6.07) is 0. The van der Waals surface area contributed by atoms with Gasteiger partial charge in [-0.15, -0.1) is 0 Å². The number of hydrogen-bond donors (Lipinski definition) is 1. The highest BCUT2D eigenvalue weighted by atomic mass is 16.5. The van der Waals surface area contributed by atoms with Crippen LogP contribution in [0.5, 0.6) is 0 Å². The molecule has 118 valence electrons. The molecule has 1 aliphatic carbocycles. The molecule has 0 bridgehead atoms. The minimum Gasteiger partial charge on any atom is -0.469 e. The number of carbonyl (C=O) groups is 1. The Kier molecular flexibility index (Phi) is 6.06. The van der Waals surface area contributed by atoms with Gasteiger partial charge >= 0.3 is 5.97 Å². The van der Waals surface area contributed by atoms with Crippen molar-refractivity contribution in [3.05, 3.63) is 0 Å². The molecular weight excluding hydrogens is 252 g/mol. The van der Waals surface area contributed by atoms with Gasteiger partial charge in [0.2, 0.25) is 0 Å². The smallest absolute Gasteiger partial charge is 0.305 e. The van der Waals surface area contributed by atoms with Gasteiger partial charge in [0.05, 0.1) is 13.2 Å². The van der Waals surface area contributed by atoms with E-state index in [9.17, 15) is 9.90 Å². The van der Waals surface area contributed by atoms with Gasteiger partial charge in [0, 0.05) is 6.42 Å². The summed E-state index contributed by atoms with van der Waals surface area (Å²) in [4.78, 5) is 11.3. The van der Waals surface area contributed by atoms with E-state index in [-0.39, 0.29) is 17.5 Å². The lowest BCUT2D eigenvalue weighted by atomic mass is 9.61. The maximum Gasteiger partial charge on any atom is 0.305 e. The standard InChI is InChI=1S/C17H32O3/c1-11(2)13-9-12(7-8-15(18)20-6)10-14(16(13)19)17(3,4)5/h11-14,16,19H,7-10H2,1-6H3. The van der Waals surface area contributed by atoms with Crippen molar-refractivity contribution < 1.29 is 14.6 Å². The average molecular weight is 284 g/mol. The molecule has 0 aromatic heterocycles. The number of ether oxygens (including phenoxy) is 1. The van der Waals surface area contributed by atoms with Gasteiger partial charge in [0.15, 0.2) is 0 Å². The monoisotopic (exact) mass is 284 g/mol. The molecule has 0 heterocycles. The van der Waals surface area contributed by atoms with E-state index in [1.165, 1.54) is 7.11 Å². The molecule has 1 saturated carbocycles. The van der Waals surface area contributed by atoms with E-state index in [0.29, 0.717) is 30.1 Å². The summed E-state index contributed by atoms with van der Waals surface area (Å²) in [6.45, 7) is 11.0. The van der Waals surface area contributed by atoms with E-state index in [1.54, 1.807) is 0 Å². The molecule has 0 radical (unpaired) electrons. The van der Waals surface area contributed by atoms with Crippen molar-refractivity contribution in [3.8, 4) is 0 Å². The van der Waals surface area contributed by atoms with Gasteiger partial charge in [-0.3, -0.25) is 4.79 Å². The Balaban J connectivity index is 2.76. The molecule has 1 N–H and O–H groups in total. The number of methoxy groups -OCH3 is 1. The third kappa shape index (κ3) is 4.47. The number of aliphatic hydroxyl groups excluding tert-OH is 1. The van der Waals surface area contributed by atoms with Crippen LogP contribution >= 0.6 is 0 Å². The maximum absolute atomic E-state index is 11.3. The first-order chi connectivity index (χ1) is 9.16. The van der Waals surface area contributed by atoms with Crippen LogP contribution in [0.4, 0.5) is 0 Å². The molecule has 0 saturated heterocycles. The zero-order valence-electron chi connectivity index (χ0n) is 14.0. The second-order valence-electron chi connectivity index (χ2n) is 7.82. The van der Waals surface area contributed by atoms with Crippen molar-refractivity contribution in [3.63, 3.8) is 0 Å². The molecule has 4 atom stereocenters. The zero-order valence-corrected chi connectivity index (χ0v) is 14.0. The quantitative estimate of drug-likeness (QED) is 0.802. The van der Waals surface area contributed by atoms with Gasteiger partial charge in [-0.05, 0) is 48.3 Å². The van der Waals surface area contributed by atoms with E-state index in [4.69, 9.17) is 4.74 Å².